The average molecular weight is 310 g/mol. The van der Waals surface area contributed by atoms with E-state index in [2.05, 4.69) is 12.2 Å². The van der Waals surface area contributed by atoms with Crippen LogP contribution in [0, 0.1) is 5.92 Å². The first-order valence-electron chi connectivity index (χ1n) is 7.80. The van der Waals surface area contributed by atoms with E-state index in [4.69, 9.17) is 16.3 Å². The molecule has 1 saturated carbocycles. The van der Waals surface area contributed by atoms with Crippen LogP contribution in [-0.4, -0.2) is 18.1 Å². The lowest BCUT2D eigenvalue weighted by atomic mass is 9.75. The van der Waals surface area contributed by atoms with Crippen LogP contribution in [0.5, 0.6) is 0 Å². The topological polar surface area (TPSA) is 38.3 Å². The highest BCUT2D eigenvalue weighted by molar-refractivity contribution is 6.30. The molecular formula is C17H24ClNO2. The highest BCUT2D eigenvalue weighted by atomic mass is 35.5. The van der Waals surface area contributed by atoms with Crippen molar-refractivity contribution in [1.29, 1.82) is 0 Å². The standard InChI is InChI=1S/C17H24ClNO2/c1-3-13-9-11-17(12-10-13,16(20)21-4-2)19-15-7-5-14(18)6-8-15/h5-8,13,19H,3-4,9-12H2,1-2H3. The maximum atomic E-state index is 12.5. The van der Waals surface area contributed by atoms with Crippen LogP contribution in [0.2, 0.25) is 5.02 Å². The molecule has 1 aliphatic carbocycles. The Labute approximate surface area is 132 Å². The Kier molecular flexibility index (Phi) is 5.51. The summed E-state index contributed by atoms with van der Waals surface area (Å²) in [6, 6.07) is 7.49. The molecule has 21 heavy (non-hydrogen) atoms. The summed E-state index contributed by atoms with van der Waals surface area (Å²) in [4.78, 5) is 12.5. The van der Waals surface area contributed by atoms with Gasteiger partial charge in [0.1, 0.15) is 5.54 Å². The van der Waals surface area contributed by atoms with Gasteiger partial charge < -0.3 is 10.1 Å². The third kappa shape index (κ3) is 3.91. The number of benzene rings is 1. The molecule has 0 radical (unpaired) electrons. The van der Waals surface area contributed by atoms with Crippen molar-refractivity contribution in [3.8, 4) is 0 Å². The van der Waals surface area contributed by atoms with Crippen LogP contribution >= 0.6 is 11.6 Å². The van der Waals surface area contributed by atoms with E-state index in [1.54, 1.807) is 0 Å². The summed E-state index contributed by atoms with van der Waals surface area (Å²) in [5.41, 5.74) is 0.331. The fraction of sp³-hybridized carbons (Fsp3) is 0.588. The maximum absolute atomic E-state index is 12.5. The Balaban J connectivity index is 2.16. The zero-order valence-electron chi connectivity index (χ0n) is 12.8. The SMILES string of the molecule is CCOC(=O)C1(Nc2ccc(Cl)cc2)CCC(CC)CC1. The van der Waals surface area contributed by atoms with E-state index in [1.165, 1.54) is 6.42 Å². The number of carbonyl (C=O) groups is 1. The van der Waals surface area contributed by atoms with Gasteiger partial charge in [0.2, 0.25) is 0 Å². The number of halogens is 1. The lowest BCUT2D eigenvalue weighted by molar-refractivity contribution is -0.150. The van der Waals surface area contributed by atoms with Gasteiger partial charge in [-0.1, -0.05) is 24.9 Å². The minimum absolute atomic E-state index is 0.130. The molecule has 116 valence electrons. The Morgan fingerprint density at radius 2 is 1.90 bits per heavy atom. The molecule has 0 heterocycles. The van der Waals surface area contributed by atoms with Crippen molar-refractivity contribution in [3.05, 3.63) is 29.3 Å². The van der Waals surface area contributed by atoms with Crippen LogP contribution in [0.25, 0.3) is 0 Å². The highest BCUT2D eigenvalue weighted by Crippen LogP contribution is 2.37. The molecule has 1 fully saturated rings. The normalized spacial score (nSPS) is 25.4. The van der Waals surface area contributed by atoms with Crippen molar-refractivity contribution in [2.75, 3.05) is 11.9 Å². The van der Waals surface area contributed by atoms with Gasteiger partial charge in [0, 0.05) is 10.7 Å². The molecule has 0 amide bonds. The second-order valence-electron chi connectivity index (χ2n) is 5.79. The van der Waals surface area contributed by atoms with Gasteiger partial charge in [0.15, 0.2) is 0 Å². The van der Waals surface area contributed by atoms with E-state index in [0.717, 1.165) is 37.3 Å². The lowest BCUT2D eigenvalue weighted by Gasteiger charge is -2.39. The minimum Gasteiger partial charge on any atom is -0.464 e. The Morgan fingerprint density at radius 3 is 2.43 bits per heavy atom. The molecule has 0 unspecified atom stereocenters. The van der Waals surface area contributed by atoms with E-state index in [0.29, 0.717) is 11.6 Å². The zero-order chi connectivity index (χ0) is 15.3. The van der Waals surface area contributed by atoms with Gasteiger partial charge in [0.25, 0.3) is 0 Å². The van der Waals surface area contributed by atoms with Crippen molar-refractivity contribution in [3.63, 3.8) is 0 Å². The summed E-state index contributed by atoms with van der Waals surface area (Å²) in [7, 11) is 0. The van der Waals surface area contributed by atoms with Gasteiger partial charge in [-0.25, -0.2) is 4.79 Å². The third-order valence-electron chi connectivity index (χ3n) is 4.43. The molecule has 0 spiro atoms. The van der Waals surface area contributed by atoms with Crippen molar-refractivity contribution >= 4 is 23.3 Å². The van der Waals surface area contributed by atoms with E-state index in [1.807, 2.05) is 31.2 Å². The summed E-state index contributed by atoms with van der Waals surface area (Å²) < 4.78 is 5.32. The summed E-state index contributed by atoms with van der Waals surface area (Å²) in [6.45, 7) is 4.49. The number of rotatable bonds is 5. The first-order valence-corrected chi connectivity index (χ1v) is 8.18. The Bertz CT molecular complexity index is 464. The molecule has 0 aromatic heterocycles. The number of hydrogen-bond acceptors (Lipinski definition) is 3. The fourth-order valence-electron chi connectivity index (χ4n) is 3.04. The molecule has 1 N–H and O–H groups in total. The quantitative estimate of drug-likeness (QED) is 0.804. The summed E-state index contributed by atoms with van der Waals surface area (Å²) >= 11 is 5.92. The van der Waals surface area contributed by atoms with Crippen molar-refractivity contribution in [1.82, 2.24) is 0 Å². The lowest BCUT2D eigenvalue weighted by Crippen LogP contribution is -2.50. The summed E-state index contributed by atoms with van der Waals surface area (Å²) in [5.74, 6) is 0.592. The number of carbonyl (C=O) groups excluding carboxylic acids is 1. The fourth-order valence-corrected chi connectivity index (χ4v) is 3.16. The second kappa shape index (κ2) is 7.17. The van der Waals surface area contributed by atoms with Gasteiger partial charge in [-0.3, -0.25) is 0 Å². The van der Waals surface area contributed by atoms with Crippen molar-refractivity contribution in [2.24, 2.45) is 5.92 Å². The predicted molar refractivity (Wildman–Crippen MR) is 86.7 cm³/mol. The van der Waals surface area contributed by atoms with Crippen LogP contribution in [-0.2, 0) is 9.53 Å². The van der Waals surface area contributed by atoms with Gasteiger partial charge in [0.05, 0.1) is 6.61 Å². The smallest absolute Gasteiger partial charge is 0.331 e. The van der Waals surface area contributed by atoms with Crippen molar-refractivity contribution in [2.45, 2.75) is 51.5 Å². The summed E-state index contributed by atoms with van der Waals surface area (Å²) in [5, 5.41) is 4.11. The predicted octanol–water partition coefficient (Wildman–Crippen LogP) is 4.65. The molecule has 4 heteroatoms. The van der Waals surface area contributed by atoms with Crippen LogP contribution in [0.3, 0.4) is 0 Å². The van der Waals surface area contributed by atoms with E-state index in [9.17, 15) is 4.79 Å². The molecule has 1 aromatic carbocycles. The zero-order valence-corrected chi connectivity index (χ0v) is 13.6. The monoisotopic (exact) mass is 309 g/mol. The molecular weight excluding hydrogens is 286 g/mol. The molecule has 3 nitrogen and oxygen atoms in total. The number of esters is 1. The van der Waals surface area contributed by atoms with E-state index < -0.39 is 5.54 Å². The van der Waals surface area contributed by atoms with Crippen LogP contribution in [0.1, 0.15) is 46.0 Å². The second-order valence-corrected chi connectivity index (χ2v) is 6.22. The van der Waals surface area contributed by atoms with Gasteiger partial charge >= 0.3 is 5.97 Å². The van der Waals surface area contributed by atoms with Gasteiger partial charge in [-0.2, -0.15) is 0 Å². The molecule has 0 aliphatic heterocycles. The van der Waals surface area contributed by atoms with Crippen LogP contribution in [0.15, 0.2) is 24.3 Å². The highest BCUT2D eigenvalue weighted by Gasteiger charge is 2.42. The molecule has 2 rings (SSSR count). The average Bonchev–Trinajstić information content (AvgIpc) is 2.50. The van der Waals surface area contributed by atoms with Gasteiger partial charge in [-0.15, -0.1) is 0 Å². The number of nitrogens with one attached hydrogen (secondary N) is 1. The Hall–Kier alpha value is -1.22. The van der Waals surface area contributed by atoms with Crippen LogP contribution < -0.4 is 5.32 Å². The van der Waals surface area contributed by atoms with E-state index >= 15 is 0 Å². The summed E-state index contributed by atoms with van der Waals surface area (Å²) in [6.07, 6.45) is 4.96. The van der Waals surface area contributed by atoms with Crippen molar-refractivity contribution < 1.29 is 9.53 Å². The largest absolute Gasteiger partial charge is 0.464 e. The minimum atomic E-state index is -0.588. The first-order chi connectivity index (χ1) is 10.1. The van der Waals surface area contributed by atoms with Crippen LogP contribution in [0.4, 0.5) is 5.69 Å². The van der Waals surface area contributed by atoms with Gasteiger partial charge in [-0.05, 0) is 62.8 Å². The maximum Gasteiger partial charge on any atom is 0.331 e. The third-order valence-corrected chi connectivity index (χ3v) is 4.68. The number of anilines is 1. The number of hydrogen-bond donors (Lipinski definition) is 1. The van der Waals surface area contributed by atoms with E-state index in [-0.39, 0.29) is 5.97 Å². The molecule has 0 saturated heterocycles. The molecule has 1 aromatic rings. The molecule has 0 atom stereocenters. The Morgan fingerprint density at radius 1 is 1.29 bits per heavy atom. The molecule has 1 aliphatic rings. The number of ether oxygens (including phenoxy) is 1. The molecule has 0 bridgehead atoms. The first kappa shape index (κ1) is 16.2.